The number of aromatic nitrogens is 3. The molecule has 0 aliphatic rings. The summed E-state index contributed by atoms with van der Waals surface area (Å²) in [5, 5.41) is 9.80. The molecule has 32 heavy (non-hydrogen) atoms. The first-order chi connectivity index (χ1) is 15.5. The van der Waals surface area contributed by atoms with E-state index in [1.54, 1.807) is 30.5 Å². The number of anilines is 2. The molecular formula is C23H20F2N6O. The second kappa shape index (κ2) is 9.25. The first kappa shape index (κ1) is 21.0. The molecule has 162 valence electrons. The molecule has 0 atom stereocenters. The molecule has 4 N–H and O–H groups in total. The van der Waals surface area contributed by atoms with Crippen molar-refractivity contribution in [1.82, 2.24) is 20.1 Å². The van der Waals surface area contributed by atoms with Gasteiger partial charge in [-0.2, -0.15) is 5.10 Å². The Bertz CT molecular complexity index is 1230. The van der Waals surface area contributed by atoms with Crippen LogP contribution in [0.1, 0.15) is 5.69 Å². The van der Waals surface area contributed by atoms with Gasteiger partial charge in [0.1, 0.15) is 28.7 Å². The van der Waals surface area contributed by atoms with E-state index in [0.29, 0.717) is 24.2 Å². The molecule has 0 saturated carbocycles. The van der Waals surface area contributed by atoms with E-state index in [1.165, 1.54) is 0 Å². The molecule has 0 bridgehead atoms. The van der Waals surface area contributed by atoms with Crippen molar-refractivity contribution in [3.8, 4) is 16.9 Å². The molecular weight excluding hydrogens is 414 g/mol. The average Bonchev–Trinajstić information content (AvgIpc) is 3.12. The van der Waals surface area contributed by atoms with Crippen molar-refractivity contribution in [1.29, 1.82) is 0 Å². The number of nitrogens with one attached hydrogen (secondary N) is 2. The number of nitrogen functional groups attached to an aromatic ring is 1. The minimum atomic E-state index is -0.702. The number of halogens is 2. The average molecular weight is 434 g/mol. The Morgan fingerprint density at radius 3 is 2.56 bits per heavy atom. The molecule has 2 aromatic heterocycles. The summed E-state index contributed by atoms with van der Waals surface area (Å²) < 4.78 is 29.2. The van der Waals surface area contributed by atoms with Gasteiger partial charge in [-0.05, 0) is 24.3 Å². The number of amides is 2. The topological polar surface area (TPSA) is 97.9 Å². The van der Waals surface area contributed by atoms with Gasteiger partial charge in [0.25, 0.3) is 0 Å². The standard InChI is InChI=1S/C23H20F2N6O/c24-16-9-10-18(25)19(14-16)31-22(26)21(20(30-31)15-6-2-1-3-7-15)29-23(32)28-13-11-17-8-4-5-12-27-17/h1-10,12,14H,11,13,26H2,(H2,28,29,32). The first-order valence-electron chi connectivity index (χ1n) is 9.87. The molecule has 0 spiro atoms. The van der Waals surface area contributed by atoms with Gasteiger partial charge in [-0.25, -0.2) is 18.3 Å². The second-order valence-electron chi connectivity index (χ2n) is 6.93. The van der Waals surface area contributed by atoms with Crippen LogP contribution in [0.4, 0.5) is 25.1 Å². The van der Waals surface area contributed by atoms with E-state index in [2.05, 4.69) is 20.7 Å². The lowest BCUT2D eigenvalue weighted by molar-refractivity contribution is 0.252. The zero-order valence-electron chi connectivity index (χ0n) is 16.9. The van der Waals surface area contributed by atoms with Crippen LogP contribution in [0.2, 0.25) is 0 Å². The van der Waals surface area contributed by atoms with Crippen molar-refractivity contribution in [2.24, 2.45) is 0 Å². The van der Waals surface area contributed by atoms with Crippen molar-refractivity contribution in [2.75, 3.05) is 17.6 Å². The first-order valence-corrected chi connectivity index (χ1v) is 9.87. The fraction of sp³-hybridized carbons (Fsp3) is 0.0870. The van der Waals surface area contributed by atoms with Crippen molar-refractivity contribution in [3.05, 3.63) is 90.3 Å². The fourth-order valence-electron chi connectivity index (χ4n) is 3.19. The maximum Gasteiger partial charge on any atom is 0.319 e. The molecule has 0 saturated heterocycles. The van der Waals surface area contributed by atoms with Gasteiger partial charge in [0.05, 0.1) is 0 Å². The highest BCUT2D eigenvalue weighted by atomic mass is 19.1. The number of carbonyl (C=O) groups excluding carboxylic acids is 1. The Hall–Kier alpha value is -4.27. The lowest BCUT2D eigenvalue weighted by atomic mass is 10.1. The van der Waals surface area contributed by atoms with Gasteiger partial charge in [0.2, 0.25) is 0 Å². The molecule has 0 unspecified atom stereocenters. The van der Waals surface area contributed by atoms with Crippen molar-refractivity contribution < 1.29 is 13.6 Å². The minimum absolute atomic E-state index is 0.0340. The maximum atomic E-state index is 14.4. The van der Waals surface area contributed by atoms with Crippen molar-refractivity contribution in [3.63, 3.8) is 0 Å². The Morgan fingerprint density at radius 1 is 1.03 bits per heavy atom. The summed E-state index contributed by atoms with van der Waals surface area (Å²) in [6.45, 7) is 0.343. The van der Waals surface area contributed by atoms with E-state index in [9.17, 15) is 13.6 Å². The monoisotopic (exact) mass is 434 g/mol. The highest BCUT2D eigenvalue weighted by Crippen LogP contribution is 2.34. The molecule has 4 rings (SSSR count). The van der Waals surface area contributed by atoms with Crippen LogP contribution in [0.5, 0.6) is 0 Å². The van der Waals surface area contributed by atoms with Crippen LogP contribution in [0.3, 0.4) is 0 Å². The van der Waals surface area contributed by atoms with E-state index in [-0.39, 0.29) is 17.2 Å². The van der Waals surface area contributed by atoms with E-state index in [1.807, 2.05) is 24.3 Å². The number of nitrogens with two attached hydrogens (primary N) is 1. The number of hydrogen-bond donors (Lipinski definition) is 3. The lowest BCUT2D eigenvalue weighted by Gasteiger charge is -2.09. The van der Waals surface area contributed by atoms with Crippen LogP contribution in [0.25, 0.3) is 16.9 Å². The van der Waals surface area contributed by atoms with Gasteiger partial charge in [-0.15, -0.1) is 0 Å². The quantitative estimate of drug-likeness (QED) is 0.424. The van der Waals surface area contributed by atoms with Crippen LogP contribution < -0.4 is 16.4 Å². The molecule has 2 aromatic carbocycles. The molecule has 2 heterocycles. The molecule has 0 radical (unpaired) electrons. The third-order valence-electron chi connectivity index (χ3n) is 4.74. The smallest absolute Gasteiger partial charge is 0.319 e. The molecule has 9 heteroatoms. The molecule has 2 amide bonds. The Morgan fingerprint density at radius 2 is 1.81 bits per heavy atom. The van der Waals surface area contributed by atoms with Crippen LogP contribution in [-0.4, -0.2) is 27.3 Å². The second-order valence-corrected chi connectivity index (χ2v) is 6.93. The number of rotatable bonds is 6. The van der Waals surface area contributed by atoms with E-state index in [4.69, 9.17) is 5.73 Å². The largest absolute Gasteiger partial charge is 0.382 e. The predicted octanol–water partition coefficient (Wildman–Crippen LogP) is 4.16. The van der Waals surface area contributed by atoms with Gasteiger partial charge in [-0.1, -0.05) is 36.4 Å². The SMILES string of the molecule is Nc1c(NC(=O)NCCc2ccccn2)c(-c2ccccc2)nn1-c1cc(F)ccc1F. The van der Waals surface area contributed by atoms with Crippen molar-refractivity contribution in [2.45, 2.75) is 6.42 Å². The molecule has 7 nitrogen and oxygen atoms in total. The number of nitrogens with zero attached hydrogens (tertiary/aromatic N) is 3. The van der Waals surface area contributed by atoms with Gasteiger partial charge in [-0.3, -0.25) is 4.98 Å². The van der Waals surface area contributed by atoms with E-state index in [0.717, 1.165) is 28.6 Å². The highest BCUT2D eigenvalue weighted by Gasteiger charge is 2.22. The predicted molar refractivity (Wildman–Crippen MR) is 118 cm³/mol. The summed E-state index contributed by atoms with van der Waals surface area (Å²) in [4.78, 5) is 16.7. The number of benzene rings is 2. The van der Waals surface area contributed by atoms with Crippen LogP contribution in [0.15, 0.2) is 72.9 Å². The highest BCUT2D eigenvalue weighted by molar-refractivity contribution is 5.97. The van der Waals surface area contributed by atoms with Crippen LogP contribution >= 0.6 is 0 Å². The van der Waals surface area contributed by atoms with Gasteiger partial charge < -0.3 is 16.4 Å². The third-order valence-corrected chi connectivity index (χ3v) is 4.74. The normalized spacial score (nSPS) is 10.7. The molecule has 0 fully saturated rings. The lowest BCUT2D eigenvalue weighted by Crippen LogP contribution is -2.31. The van der Waals surface area contributed by atoms with Gasteiger partial charge >= 0.3 is 6.03 Å². The Balaban J connectivity index is 1.62. The van der Waals surface area contributed by atoms with Crippen LogP contribution in [-0.2, 0) is 6.42 Å². The number of carbonyl (C=O) groups is 1. The summed E-state index contributed by atoms with van der Waals surface area (Å²) in [7, 11) is 0. The third kappa shape index (κ3) is 4.56. The Labute approximate surface area is 182 Å². The number of hydrogen-bond acceptors (Lipinski definition) is 4. The molecule has 0 aliphatic heterocycles. The summed E-state index contributed by atoms with van der Waals surface area (Å²) in [6.07, 6.45) is 2.23. The number of pyridine rings is 1. The fourth-order valence-corrected chi connectivity index (χ4v) is 3.19. The van der Waals surface area contributed by atoms with E-state index < -0.39 is 17.7 Å². The maximum absolute atomic E-state index is 14.4. The zero-order valence-corrected chi connectivity index (χ0v) is 16.9. The summed E-state index contributed by atoms with van der Waals surface area (Å²) in [6, 6.07) is 17.0. The summed E-state index contributed by atoms with van der Waals surface area (Å²) in [5.74, 6) is -1.38. The van der Waals surface area contributed by atoms with Gasteiger partial charge in [0, 0.05) is 36.5 Å². The number of urea groups is 1. The zero-order chi connectivity index (χ0) is 22.5. The molecule has 4 aromatic rings. The molecule has 0 aliphatic carbocycles. The Kier molecular flexibility index (Phi) is 6.07. The van der Waals surface area contributed by atoms with Crippen LogP contribution in [0, 0.1) is 11.6 Å². The summed E-state index contributed by atoms with van der Waals surface area (Å²) >= 11 is 0. The minimum Gasteiger partial charge on any atom is -0.382 e. The van der Waals surface area contributed by atoms with Crippen molar-refractivity contribution >= 4 is 17.5 Å². The van der Waals surface area contributed by atoms with E-state index >= 15 is 0 Å². The van der Waals surface area contributed by atoms with Gasteiger partial charge in [0.15, 0.2) is 5.82 Å². The summed E-state index contributed by atoms with van der Waals surface area (Å²) in [5.41, 5.74) is 8.06.